The predicted molar refractivity (Wildman–Crippen MR) is 129 cm³/mol. The van der Waals surface area contributed by atoms with Crippen molar-refractivity contribution in [1.29, 1.82) is 0 Å². The van der Waals surface area contributed by atoms with Gasteiger partial charge in [-0.25, -0.2) is 4.79 Å². The number of hydrogen-bond donors (Lipinski definition) is 8. The summed E-state index contributed by atoms with van der Waals surface area (Å²) in [7, 11) is 0. The minimum Gasteiger partial charge on any atom is -0.480 e. The summed E-state index contributed by atoms with van der Waals surface area (Å²) in [6, 6.07) is 2.78. The van der Waals surface area contributed by atoms with Crippen molar-refractivity contribution in [3.05, 3.63) is 36.0 Å². The van der Waals surface area contributed by atoms with Gasteiger partial charge in [-0.3, -0.25) is 14.4 Å². The number of aliphatic carboxylic acids is 1. The molecule has 2 rings (SSSR count). The molecule has 0 spiro atoms. The van der Waals surface area contributed by atoms with E-state index in [1.165, 1.54) is 0 Å². The molecule has 0 aliphatic carbocycles. The average molecular weight is 494 g/mol. The van der Waals surface area contributed by atoms with Gasteiger partial charge >= 0.3 is 5.97 Å². The molecule has 0 bridgehead atoms. The van der Waals surface area contributed by atoms with Gasteiger partial charge in [-0.1, -0.05) is 32.0 Å². The predicted octanol–water partition coefficient (Wildman–Crippen LogP) is -0.845. The molecule has 3 amide bonds. The molecule has 12 heteroatoms. The summed E-state index contributed by atoms with van der Waals surface area (Å²) >= 11 is 4.11. The van der Waals surface area contributed by atoms with E-state index in [1.54, 1.807) is 20.0 Å². The monoisotopic (exact) mass is 493 g/mol. The number of carbonyl (C=O) groups excluding carboxylic acids is 3. The fourth-order valence-electron chi connectivity index (χ4n) is 3.33. The number of para-hydroxylation sites is 1. The second kappa shape index (κ2) is 12.4. The summed E-state index contributed by atoms with van der Waals surface area (Å²) in [5.41, 5.74) is 7.05. The Labute approximate surface area is 202 Å². The number of rotatable bonds is 12. The third-order valence-corrected chi connectivity index (χ3v) is 5.67. The SMILES string of the molecule is CC(C)C(NC(=O)C(N)CO)C(=O)NC(CS)C(=O)NC(Cc1c[nH]c2ccccc12)C(=O)O. The molecule has 186 valence electrons. The van der Waals surface area contributed by atoms with Gasteiger partial charge < -0.3 is 36.9 Å². The highest BCUT2D eigenvalue weighted by molar-refractivity contribution is 7.80. The number of benzene rings is 1. The molecular formula is C22H31N5O6S. The van der Waals surface area contributed by atoms with Crippen LogP contribution in [-0.2, 0) is 25.6 Å². The van der Waals surface area contributed by atoms with Crippen molar-refractivity contribution < 1.29 is 29.4 Å². The number of nitrogens with one attached hydrogen (secondary N) is 4. The number of thiol groups is 1. The largest absolute Gasteiger partial charge is 0.480 e. The summed E-state index contributed by atoms with van der Waals surface area (Å²) in [6.07, 6.45) is 1.72. The van der Waals surface area contributed by atoms with Crippen LogP contribution >= 0.6 is 12.6 Å². The topological polar surface area (TPSA) is 187 Å². The molecule has 0 aliphatic heterocycles. The van der Waals surface area contributed by atoms with Gasteiger partial charge in [-0.05, 0) is 17.5 Å². The second-order valence-corrected chi connectivity index (χ2v) is 8.59. The van der Waals surface area contributed by atoms with Crippen molar-refractivity contribution in [3.63, 3.8) is 0 Å². The van der Waals surface area contributed by atoms with Crippen LogP contribution in [0.15, 0.2) is 30.5 Å². The fourth-order valence-corrected chi connectivity index (χ4v) is 3.58. The summed E-state index contributed by atoms with van der Waals surface area (Å²) in [6.45, 7) is 2.78. The van der Waals surface area contributed by atoms with E-state index in [-0.39, 0.29) is 18.1 Å². The van der Waals surface area contributed by atoms with E-state index in [1.807, 2.05) is 24.3 Å². The quantitative estimate of drug-likeness (QED) is 0.177. The number of aromatic nitrogens is 1. The van der Waals surface area contributed by atoms with Crippen LogP contribution in [0.5, 0.6) is 0 Å². The lowest BCUT2D eigenvalue weighted by molar-refractivity contribution is -0.142. The van der Waals surface area contributed by atoms with Gasteiger partial charge in [0.15, 0.2) is 0 Å². The van der Waals surface area contributed by atoms with Crippen molar-refractivity contribution in [2.45, 2.75) is 44.4 Å². The zero-order valence-corrected chi connectivity index (χ0v) is 19.8. The van der Waals surface area contributed by atoms with E-state index in [4.69, 9.17) is 10.8 Å². The first-order valence-electron chi connectivity index (χ1n) is 10.7. The molecule has 1 heterocycles. The number of amides is 3. The van der Waals surface area contributed by atoms with Crippen LogP contribution in [0.4, 0.5) is 0 Å². The Balaban J connectivity index is 2.09. The van der Waals surface area contributed by atoms with Crippen LogP contribution in [0.25, 0.3) is 10.9 Å². The third-order valence-electron chi connectivity index (χ3n) is 5.31. The van der Waals surface area contributed by atoms with Crippen molar-refractivity contribution in [3.8, 4) is 0 Å². The number of nitrogens with two attached hydrogens (primary N) is 1. The van der Waals surface area contributed by atoms with Gasteiger partial charge in [-0.2, -0.15) is 12.6 Å². The van der Waals surface area contributed by atoms with Crippen molar-refractivity contribution in [2.75, 3.05) is 12.4 Å². The smallest absolute Gasteiger partial charge is 0.326 e. The molecule has 4 atom stereocenters. The van der Waals surface area contributed by atoms with Crippen molar-refractivity contribution in [2.24, 2.45) is 11.7 Å². The lowest BCUT2D eigenvalue weighted by atomic mass is 10.0. The van der Waals surface area contributed by atoms with Crippen LogP contribution in [-0.4, -0.2) is 75.4 Å². The first-order chi connectivity index (χ1) is 16.1. The van der Waals surface area contributed by atoms with Gasteiger partial charge in [0.1, 0.15) is 24.2 Å². The van der Waals surface area contributed by atoms with Crippen LogP contribution < -0.4 is 21.7 Å². The van der Waals surface area contributed by atoms with Crippen LogP contribution in [0, 0.1) is 5.92 Å². The summed E-state index contributed by atoms with van der Waals surface area (Å²) in [5, 5.41) is 26.9. The minimum atomic E-state index is -1.24. The second-order valence-electron chi connectivity index (χ2n) is 8.23. The molecule has 11 nitrogen and oxygen atoms in total. The molecule has 2 aromatic rings. The molecule has 0 saturated heterocycles. The Morgan fingerprint density at radius 3 is 2.26 bits per heavy atom. The van der Waals surface area contributed by atoms with Gasteiger partial charge in [0.05, 0.1) is 6.61 Å². The van der Waals surface area contributed by atoms with Gasteiger partial charge in [0.2, 0.25) is 17.7 Å². The summed E-state index contributed by atoms with van der Waals surface area (Å²) in [5.74, 6) is -3.79. The zero-order chi connectivity index (χ0) is 25.4. The Bertz CT molecular complexity index is 1030. The van der Waals surface area contributed by atoms with Crippen LogP contribution in [0.3, 0.4) is 0 Å². The summed E-state index contributed by atoms with van der Waals surface area (Å²) in [4.78, 5) is 52.5. The Hall–Kier alpha value is -3.09. The Kier molecular flexibility index (Phi) is 9.90. The van der Waals surface area contributed by atoms with E-state index in [0.29, 0.717) is 0 Å². The van der Waals surface area contributed by atoms with Gasteiger partial charge in [0.25, 0.3) is 0 Å². The molecule has 1 aromatic carbocycles. The van der Waals surface area contributed by atoms with E-state index in [9.17, 15) is 24.3 Å². The number of carboxylic acid groups (broad SMARTS) is 1. The molecule has 0 aliphatic rings. The lowest BCUT2D eigenvalue weighted by Crippen LogP contribution is -2.59. The van der Waals surface area contributed by atoms with Crippen LogP contribution in [0.1, 0.15) is 19.4 Å². The molecule has 0 radical (unpaired) electrons. The van der Waals surface area contributed by atoms with E-state index < -0.39 is 54.5 Å². The van der Waals surface area contributed by atoms with Gasteiger partial charge in [-0.15, -0.1) is 0 Å². The van der Waals surface area contributed by atoms with Crippen molar-refractivity contribution in [1.82, 2.24) is 20.9 Å². The number of aromatic amines is 1. The normalized spacial score (nSPS) is 14.8. The highest BCUT2D eigenvalue weighted by Gasteiger charge is 2.31. The number of carboxylic acids is 1. The number of H-pyrrole nitrogens is 1. The average Bonchev–Trinajstić information content (AvgIpc) is 3.21. The Morgan fingerprint density at radius 2 is 1.68 bits per heavy atom. The number of hydrogen-bond acceptors (Lipinski definition) is 7. The van der Waals surface area contributed by atoms with Gasteiger partial charge in [0, 0.05) is 29.3 Å². The molecule has 4 unspecified atom stereocenters. The lowest BCUT2D eigenvalue weighted by Gasteiger charge is -2.26. The molecule has 0 fully saturated rings. The minimum absolute atomic E-state index is 0.0298. The number of carbonyl (C=O) groups is 4. The maximum Gasteiger partial charge on any atom is 0.326 e. The Morgan fingerprint density at radius 1 is 1.03 bits per heavy atom. The maximum absolute atomic E-state index is 12.8. The highest BCUT2D eigenvalue weighted by Crippen LogP contribution is 2.19. The first-order valence-corrected chi connectivity index (χ1v) is 11.4. The van der Waals surface area contributed by atoms with Crippen LogP contribution in [0.2, 0.25) is 0 Å². The van der Waals surface area contributed by atoms with E-state index in [2.05, 4.69) is 33.6 Å². The summed E-state index contributed by atoms with van der Waals surface area (Å²) < 4.78 is 0. The molecule has 34 heavy (non-hydrogen) atoms. The third kappa shape index (κ3) is 6.95. The highest BCUT2D eigenvalue weighted by atomic mass is 32.1. The zero-order valence-electron chi connectivity index (χ0n) is 18.9. The number of aliphatic hydroxyl groups is 1. The molecule has 8 N–H and O–H groups in total. The molecular weight excluding hydrogens is 462 g/mol. The number of fused-ring (bicyclic) bond motifs is 1. The number of aliphatic hydroxyl groups excluding tert-OH is 1. The molecule has 1 aromatic heterocycles. The van der Waals surface area contributed by atoms with E-state index >= 15 is 0 Å². The standard InChI is InChI=1S/C22H31N5O6S/c1-11(2)18(27-19(29)14(23)9-28)21(31)26-17(10-34)20(30)25-16(22(32)33)7-12-8-24-15-6-4-3-5-13(12)15/h3-6,8,11,14,16-18,24,28,34H,7,9-10,23H2,1-2H3,(H,25,30)(H,26,31)(H,27,29)(H,32,33). The van der Waals surface area contributed by atoms with E-state index in [0.717, 1.165) is 16.5 Å². The maximum atomic E-state index is 12.8. The molecule has 0 saturated carbocycles. The first kappa shape index (κ1) is 27.2. The fraction of sp³-hybridized carbons (Fsp3) is 0.455. The van der Waals surface area contributed by atoms with Crippen molar-refractivity contribution >= 4 is 47.2 Å².